The Kier molecular flexibility index (Phi) is 4.31. The highest BCUT2D eigenvalue weighted by Crippen LogP contribution is 2.25. The van der Waals surface area contributed by atoms with E-state index in [1.807, 2.05) is 12.3 Å². The molecule has 0 radical (unpaired) electrons. The Labute approximate surface area is 137 Å². The van der Waals surface area contributed by atoms with Gasteiger partial charge in [0.2, 0.25) is 0 Å². The van der Waals surface area contributed by atoms with Crippen LogP contribution in [0.3, 0.4) is 0 Å². The van der Waals surface area contributed by atoms with Crippen molar-refractivity contribution in [2.24, 2.45) is 5.92 Å². The molecule has 124 valence electrons. The molecule has 0 aromatic carbocycles. The number of imidazole rings is 1. The molecule has 23 heavy (non-hydrogen) atoms. The van der Waals surface area contributed by atoms with Crippen LogP contribution in [-0.2, 0) is 17.7 Å². The van der Waals surface area contributed by atoms with Gasteiger partial charge in [0.15, 0.2) is 5.65 Å². The summed E-state index contributed by atoms with van der Waals surface area (Å²) in [6.45, 7) is 4.02. The molecule has 1 atom stereocenters. The molecule has 0 aliphatic carbocycles. The average Bonchev–Trinajstić information content (AvgIpc) is 3.13. The van der Waals surface area contributed by atoms with Crippen molar-refractivity contribution in [2.75, 3.05) is 26.8 Å². The third-order valence-electron chi connectivity index (χ3n) is 5.46. The number of pyridine rings is 1. The van der Waals surface area contributed by atoms with Crippen LogP contribution < -0.4 is 0 Å². The maximum atomic E-state index is 5.50. The van der Waals surface area contributed by atoms with E-state index in [4.69, 9.17) is 9.72 Å². The van der Waals surface area contributed by atoms with Crippen molar-refractivity contribution < 1.29 is 4.74 Å². The molecule has 2 fully saturated rings. The van der Waals surface area contributed by atoms with Crippen molar-refractivity contribution in [3.8, 4) is 0 Å². The van der Waals surface area contributed by atoms with Gasteiger partial charge < -0.3 is 14.2 Å². The SMILES string of the molecule is CN1CCCC1Cn1c(CC2CCOCC2)nc2cccnc21. The van der Waals surface area contributed by atoms with Crippen LogP contribution in [0.1, 0.15) is 31.5 Å². The topological polar surface area (TPSA) is 43.2 Å². The summed E-state index contributed by atoms with van der Waals surface area (Å²) >= 11 is 0. The van der Waals surface area contributed by atoms with Crippen molar-refractivity contribution >= 4 is 11.2 Å². The minimum Gasteiger partial charge on any atom is -0.381 e. The molecule has 0 spiro atoms. The molecule has 0 saturated carbocycles. The molecule has 2 aromatic heterocycles. The van der Waals surface area contributed by atoms with Crippen LogP contribution in [-0.4, -0.2) is 52.3 Å². The Morgan fingerprint density at radius 3 is 2.91 bits per heavy atom. The Balaban J connectivity index is 1.63. The second kappa shape index (κ2) is 6.57. The van der Waals surface area contributed by atoms with Crippen LogP contribution in [0.15, 0.2) is 18.3 Å². The number of ether oxygens (including phenoxy) is 1. The molecule has 2 aliphatic heterocycles. The molecule has 0 N–H and O–H groups in total. The summed E-state index contributed by atoms with van der Waals surface area (Å²) in [5.74, 6) is 1.91. The molecule has 2 aromatic rings. The first-order valence-electron chi connectivity index (χ1n) is 8.89. The van der Waals surface area contributed by atoms with Crippen LogP contribution in [0, 0.1) is 5.92 Å². The summed E-state index contributed by atoms with van der Waals surface area (Å²) in [5.41, 5.74) is 2.09. The van der Waals surface area contributed by atoms with Crippen molar-refractivity contribution in [1.29, 1.82) is 0 Å². The summed E-state index contributed by atoms with van der Waals surface area (Å²) in [4.78, 5) is 12.0. The summed E-state index contributed by atoms with van der Waals surface area (Å²) in [7, 11) is 2.24. The monoisotopic (exact) mass is 314 g/mol. The van der Waals surface area contributed by atoms with Gasteiger partial charge in [-0.2, -0.15) is 0 Å². The second-order valence-corrected chi connectivity index (χ2v) is 7.02. The minimum absolute atomic E-state index is 0.614. The first-order valence-corrected chi connectivity index (χ1v) is 8.89. The summed E-state index contributed by atoms with van der Waals surface area (Å²) < 4.78 is 7.89. The van der Waals surface area contributed by atoms with Gasteiger partial charge in [0.1, 0.15) is 11.3 Å². The fraction of sp³-hybridized carbons (Fsp3) is 0.667. The van der Waals surface area contributed by atoms with E-state index in [2.05, 4.69) is 27.6 Å². The maximum Gasteiger partial charge on any atom is 0.160 e. The van der Waals surface area contributed by atoms with Crippen molar-refractivity contribution in [2.45, 2.75) is 44.7 Å². The predicted octanol–water partition coefficient (Wildman–Crippen LogP) is 2.49. The number of nitrogens with zero attached hydrogens (tertiary/aromatic N) is 4. The molecule has 5 nitrogen and oxygen atoms in total. The molecular formula is C18H26N4O. The molecule has 0 bridgehead atoms. The zero-order valence-corrected chi connectivity index (χ0v) is 13.9. The molecule has 5 heteroatoms. The highest BCUT2D eigenvalue weighted by atomic mass is 16.5. The maximum absolute atomic E-state index is 5.50. The van der Waals surface area contributed by atoms with E-state index in [0.29, 0.717) is 12.0 Å². The Morgan fingerprint density at radius 2 is 2.13 bits per heavy atom. The molecular weight excluding hydrogens is 288 g/mol. The van der Waals surface area contributed by atoms with Gasteiger partial charge in [-0.1, -0.05) is 0 Å². The van der Waals surface area contributed by atoms with Crippen LogP contribution >= 0.6 is 0 Å². The van der Waals surface area contributed by atoms with E-state index < -0.39 is 0 Å². The Hall–Kier alpha value is -1.46. The number of rotatable bonds is 4. The molecule has 2 saturated heterocycles. The fourth-order valence-electron chi connectivity index (χ4n) is 3.98. The van der Waals surface area contributed by atoms with Crippen LogP contribution in [0.4, 0.5) is 0 Å². The first kappa shape index (κ1) is 15.1. The Morgan fingerprint density at radius 1 is 1.26 bits per heavy atom. The van der Waals surface area contributed by atoms with Crippen LogP contribution in [0.2, 0.25) is 0 Å². The van der Waals surface area contributed by atoms with Gasteiger partial charge in [0.25, 0.3) is 0 Å². The standard InChI is InChI=1S/C18H26N4O/c1-21-9-3-4-15(21)13-22-17(12-14-6-10-23-11-7-14)20-16-5-2-8-19-18(16)22/h2,5,8,14-15H,3-4,6-7,9-13H2,1H3. The summed E-state index contributed by atoms with van der Waals surface area (Å²) in [6.07, 6.45) is 7.82. The number of likely N-dealkylation sites (N-methyl/N-ethyl adjacent to an activating group) is 1. The molecule has 1 unspecified atom stereocenters. The highest BCUT2D eigenvalue weighted by molar-refractivity contribution is 5.71. The van der Waals surface area contributed by atoms with Gasteiger partial charge in [-0.05, 0) is 57.3 Å². The minimum atomic E-state index is 0.614. The third kappa shape index (κ3) is 3.12. The summed E-state index contributed by atoms with van der Waals surface area (Å²) in [5, 5.41) is 0. The van der Waals surface area contributed by atoms with E-state index in [1.54, 1.807) is 0 Å². The normalized spacial score (nSPS) is 23.8. The largest absolute Gasteiger partial charge is 0.381 e. The van der Waals surface area contributed by atoms with Crippen LogP contribution in [0.25, 0.3) is 11.2 Å². The smallest absolute Gasteiger partial charge is 0.160 e. The fourth-order valence-corrected chi connectivity index (χ4v) is 3.98. The van der Waals surface area contributed by atoms with Gasteiger partial charge in [-0.25, -0.2) is 9.97 Å². The van der Waals surface area contributed by atoms with Gasteiger partial charge >= 0.3 is 0 Å². The van der Waals surface area contributed by atoms with Crippen LogP contribution in [0.5, 0.6) is 0 Å². The lowest BCUT2D eigenvalue weighted by Crippen LogP contribution is -2.30. The number of aromatic nitrogens is 3. The number of hydrogen-bond acceptors (Lipinski definition) is 4. The highest BCUT2D eigenvalue weighted by Gasteiger charge is 2.25. The van der Waals surface area contributed by atoms with Gasteiger partial charge in [-0.15, -0.1) is 0 Å². The zero-order valence-electron chi connectivity index (χ0n) is 13.9. The lowest BCUT2D eigenvalue weighted by Gasteiger charge is -2.24. The second-order valence-electron chi connectivity index (χ2n) is 7.02. The first-order chi connectivity index (χ1) is 11.3. The van der Waals surface area contributed by atoms with Gasteiger partial charge in [-0.3, -0.25) is 0 Å². The van der Waals surface area contributed by atoms with E-state index >= 15 is 0 Å². The van der Waals surface area contributed by atoms with Crippen molar-refractivity contribution in [3.63, 3.8) is 0 Å². The Bertz CT molecular complexity index is 662. The third-order valence-corrected chi connectivity index (χ3v) is 5.46. The molecule has 2 aliphatic rings. The summed E-state index contributed by atoms with van der Waals surface area (Å²) in [6, 6.07) is 4.69. The zero-order chi connectivity index (χ0) is 15.6. The van der Waals surface area contributed by atoms with Crippen molar-refractivity contribution in [1.82, 2.24) is 19.4 Å². The average molecular weight is 314 g/mol. The lowest BCUT2D eigenvalue weighted by molar-refractivity contribution is 0.0657. The molecule has 4 heterocycles. The van der Waals surface area contributed by atoms with E-state index in [1.165, 1.54) is 25.2 Å². The van der Waals surface area contributed by atoms with E-state index in [0.717, 1.165) is 50.2 Å². The number of hydrogen-bond donors (Lipinski definition) is 0. The quantitative estimate of drug-likeness (QED) is 0.869. The lowest BCUT2D eigenvalue weighted by atomic mass is 9.96. The van der Waals surface area contributed by atoms with Crippen molar-refractivity contribution in [3.05, 3.63) is 24.2 Å². The van der Waals surface area contributed by atoms with Gasteiger partial charge in [0, 0.05) is 38.4 Å². The number of fused-ring (bicyclic) bond motifs is 1. The van der Waals surface area contributed by atoms with Gasteiger partial charge in [0.05, 0.1) is 0 Å². The number of likely N-dealkylation sites (tertiary alicyclic amines) is 1. The van der Waals surface area contributed by atoms with E-state index in [9.17, 15) is 0 Å². The van der Waals surface area contributed by atoms with E-state index in [-0.39, 0.29) is 0 Å². The molecule has 4 rings (SSSR count). The predicted molar refractivity (Wildman–Crippen MR) is 90.4 cm³/mol. The molecule has 0 amide bonds.